The highest BCUT2D eigenvalue weighted by molar-refractivity contribution is 7.11. The smallest absolute Gasteiger partial charge is 0.139 e. The molecule has 0 fully saturated rings. The highest BCUT2D eigenvalue weighted by Gasteiger charge is 2.00. The largest absolute Gasteiger partial charge is 0.323 e. The van der Waals surface area contributed by atoms with Crippen LogP contribution in [-0.2, 0) is 0 Å². The van der Waals surface area contributed by atoms with Gasteiger partial charge in [-0.05, 0) is 13.8 Å². The van der Waals surface area contributed by atoms with Gasteiger partial charge >= 0.3 is 0 Å². The van der Waals surface area contributed by atoms with Crippen molar-refractivity contribution in [1.82, 2.24) is 4.98 Å². The summed E-state index contributed by atoms with van der Waals surface area (Å²) in [6.07, 6.45) is 0. The van der Waals surface area contributed by atoms with Gasteiger partial charge < -0.3 is 5.84 Å². The number of rotatable bonds is 1. The summed E-state index contributed by atoms with van der Waals surface area (Å²) in [7, 11) is 0. The maximum Gasteiger partial charge on any atom is 0.139 e. The van der Waals surface area contributed by atoms with Crippen molar-refractivity contribution in [2.24, 2.45) is 10.9 Å². The topological polar surface area (TPSA) is 51.3 Å². The molecule has 0 unspecified atom stereocenters. The number of hydrogen-bond donors (Lipinski definition) is 1. The van der Waals surface area contributed by atoms with Crippen molar-refractivity contribution in [3.8, 4) is 0 Å². The summed E-state index contributed by atoms with van der Waals surface area (Å²) in [5, 5.41) is 6.42. The van der Waals surface area contributed by atoms with Crippen LogP contribution in [0.1, 0.15) is 17.6 Å². The van der Waals surface area contributed by atoms with Crippen molar-refractivity contribution in [3.05, 3.63) is 16.1 Å². The summed E-state index contributed by atoms with van der Waals surface area (Å²) in [5.74, 6) is 5.07. The molecule has 3 nitrogen and oxygen atoms in total. The average molecular weight is 155 g/mol. The van der Waals surface area contributed by atoms with Crippen LogP contribution in [0.15, 0.2) is 10.5 Å². The minimum Gasteiger partial charge on any atom is -0.323 e. The van der Waals surface area contributed by atoms with Gasteiger partial charge in [0, 0.05) is 11.1 Å². The van der Waals surface area contributed by atoms with E-state index >= 15 is 0 Å². The number of aryl methyl sites for hydroxylation is 1. The lowest BCUT2D eigenvalue weighted by molar-refractivity contribution is 1.20. The van der Waals surface area contributed by atoms with E-state index in [2.05, 4.69) is 10.1 Å². The highest BCUT2D eigenvalue weighted by Crippen LogP contribution is 2.08. The maximum absolute atomic E-state index is 5.07. The third kappa shape index (κ3) is 1.33. The van der Waals surface area contributed by atoms with E-state index in [9.17, 15) is 0 Å². The van der Waals surface area contributed by atoms with Crippen LogP contribution in [-0.4, -0.2) is 10.7 Å². The molecule has 54 valence electrons. The Bertz CT molecular complexity index is 251. The molecular weight excluding hydrogens is 146 g/mol. The Balaban J connectivity index is 2.95. The van der Waals surface area contributed by atoms with E-state index in [1.807, 2.05) is 19.2 Å². The van der Waals surface area contributed by atoms with Crippen molar-refractivity contribution in [2.45, 2.75) is 13.8 Å². The monoisotopic (exact) mass is 155 g/mol. The van der Waals surface area contributed by atoms with Gasteiger partial charge in [-0.2, -0.15) is 5.10 Å². The van der Waals surface area contributed by atoms with E-state index in [0.717, 1.165) is 16.4 Å². The molecule has 1 heterocycles. The van der Waals surface area contributed by atoms with E-state index < -0.39 is 0 Å². The number of hydrazone groups is 1. The Hall–Kier alpha value is -0.900. The summed E-state index contributed by atoms with van der Waals surface area (Å²) < 4.78 is 0. The molecule has 2 N–H and O–H groups in total. The molecule has 10 heavy (non-hydrogen) atoms. The van der Waals surface area contributed by atoms with E-state index in [1.54, 1.807) is 11.3 Å². The molecule has 0 aliphatic heterocycles. The zero-order valence-electron chi connectivity index (χ0n) is 5.96. The Labute approximate surface area is 63.6 Å². The van der Waals surface area contributed by atoms with Crippen LogP contribution in [0.2, 0.25) is 0 Å². The molecule has 1 aromatic heterocycles. The number of hydrogen-bond acceptors (Lipinski definition) is 4. The molecule has 0 amide bonds. The summed E-state index contributed by atoms with van der Waals surface area (Å²) in [6.45, 7) is 3.79. The van der Waals surface area contributed by atoms with Crippen molar-refractivity contribution < 1.29 is 0 Å². The van der Waals surface area contributed by atoms with Crippen molar-refractivity contribution in [1.29, 1.82) is 0 Å². The third-order valence-electron chi connectivity index (χ3n) is 1.12. The van der Waals surface area contributed by atoms with Crippen molar-refractivity contribution in [3.63, 3.8) is 0 Å². The lowest BCUT2D eigenvalue weighted by Gasteiger charge is -1.87. The van der Waals surface area contributed by atoms with Crippen LogP contribution < -0.4 is 5.84 Å². The molecule has 0 saturated carbocycles. The summed E-state index contributed by atoms with van der Waals surface area (Å²) in [4.78, 5) is 4.19. The first-order valence-electron chi connectivity index (χ1n) is 2.91. The predicted molar refractivity (Wildman–Crippen MR) is 43.2 cm³/mol. The predicted octanol–water partition coefficient (Wildman–Crippen LogP) is 1.13. The van der Waals surface area contributed by atoms with Gasteiger partial charge in [0.25, 0.3) is 0 Å². The Morgan fingerprint density at radius 2 is 2.50 bits per heavy atom. The first-order chi connectivity index (χ1) is 4.74. The standard InChI is InChI=1S/C6H9N3S/c1-4-3-10-6(8-4)5(2)9-7/h3H,7H2,1-2H3. The molecular formula is C6H9N3S. The molecule has 1 rings (SSSR count). The summed E-state index contributed by atoms with van der Waals surface area (Å²) >= 11 is 1.56. The quantitative estimate of drug-likeness (QED) is 0.375. The molecule has 0 aliphatic carbocycles. The van der Waals surface area contributed by atoms with E-state index in [0.29, 0.717) is 0 Å². The van der Waals surface area contributed by atoms with Crippen LogP contribution in [0.25, 0.3) is 0 Å². The van der Waals surface area contributed by atoms with Gasteiger partial charge in [-0.25, -0.2) is 4.98 Å². The first-order valence-corrected chi connectivity index (χ1v) is 3.79. The molecule has 0 aliphatic rings. The molecule has 1 aromatic rings. The van der Waals surface area contributed by atoms with E-state index in [-0.39, 0.29) is 0 Å². The second kappa shape index (κ2) is 2.79. The van der Waals surface area contributed by atoms with Crippen molar-refractivity contribution in [2.75, 3.05) is 0 Å². The van der Waals surface area contributed by atoms with E-state index in [4.69, 9.17) is 5.84 Å². The van der Waals surface area contributed by atoms with Gasteiger partial charge in [-0.1, -0.05) is 0 Å². The molecule has 4 heteroatoms. The first kappa shape index (κ1) is 7.21. The molecule has 0 saturated heterocycles. The minimum atomic E-state index is 0.790. The van der Waals surface area contributed by atoms with Gasteiger partial charge in [-0.3, -0.25) is 0 Å². The fraction of sp³-hybridized carbons (Fsp3) is 0.333. The second-order valence-corrected chi connectivity index (χ2v) is 2.87. The van der Waals surface area contributed by atoms with Gasteiger partial charge in [0.15, 0.2) is 0 Å². The highest BCUT2D eigenvalue weighted by atomic mass is 32.1. The van der Waals surface area contributed by atoms with Crippen LogP contribution in [0.5, 0.6) is 0 Å². The third-order valence-corrected chi connectivity index (χ3v) is 2.19. The minimum absolute atomic E-state index is 0.790. The Morgan fingerprint density at radius 3 is 2.90 bits per heavy atom. The molecule has 0 spiro atoms. The Kier molecular flexibility index (Phi) is 2.01. The molecule has 0 bridgehead atoms. The van der Waals surface area contributed by atoms with Gasteiger partial charge in [-0.15, -0.1) is 11.3 Å². The van der Waals surface area contributed by atoms with Crippen molar-refractivity contribution >= 4 is 17.0 Å². The van der Waals surface area contributed by atoms with Crippen LogP contribution >= 0.6 is 11.3 Å². The molecule has 0 atom stereocenters. The summed E-state index contributed by atoms with van der Waals surface area (Å²) in [6, 6.07) is 0. The summed E-state index contributed by atoms with van der Waals surface area (Å²) in [5.41, 5.74) is 1.81. The number of thiazole rings is 1. The zero-order chi connectivity index (χ0) is 7.56. The van der Waals surface area contributed by atoms with Gasteiger partial charge in [0.05, 0.1) is 5.71 Å². The number of aromatic nitrogens is 1. The molecule has 0 radical (unpaired) electrons. The second-order valence-electron chi connectivity index (χ2n) is 2.01. The van der Waals surface area contributed by atoms with Crippen LogP contribution in [0, 0.1) is 6.92 Å². The zero-order valence-corrected chi connectivity index (χ0v) is 6.77. The lowest BCUT2D eigenvalue weighted by Crippen LogP contribution is -1.97. The van der Waals surface area contributed by atoms with E-state index in [1.165, 1.54) is 0 Å². The van der Waals surface area contributed by atoms with Crippen LogP contribution in [0.4, 0.5) is 0 Å². The SMILES string of the molecule is CC(=NN)c1nc(C)cs1. The fourth-order valence-corrected chi connectivity index (χ4v) is 1.33. The average Bonchev–Trinajstić information content (AvgIpc) is 2.34. The number of nitrogens with zero attached hydrogens (tertiary/aromatic N) is 2. The fourth-order valence-electron chi connectivity index (χ4n) is 0.575. The molecule has 0 aromatic carbocycles. The van der Waals surface area contributed by atoms with Gasteiger partial charge in [0.2, 0.25) is 0 Å². The maximum atomic E-state index is 5.07. The normalized spacial score (nSPS) is 12.0. The Morgan fingerprint density at radius 1 is 1.80 bits per heavy atom. The van der Waals surface area contributed by atoms with Gasteiger partial charge in [0.1, 0.15) is 5.01 Å². The van der Waals surface area contributed by atoms with Crippen LogP contribution in [0.3, 0.4) is 0 Å². The number of nitrogens with two attached hydrogens (primary N) is 1. The lowest BCUT2D eigenvalue weighted by atomic mass is 10.4.